The zero-order valence-corrected chi connectivity index (χ0v) is 10.4. The van der Waals surface area contributed by atoms with Crippen molar-refractivity contribution in [2.45, 2.75) is 6.54 Å². The summed E-state index contributed by atoms with van der Waals surface area (Å²) in [6, 6.07) is 3.79. The molecule has 0 fully saturated rings. The van der Waals surface area contributed by atoms with E-state index in [1.807, 2.05) is 0 Å². The molecule has 0 N–H and O–H groups in total. The molecular weight excluding hydrogens is 312 g/mol. The fourth-order valence-corrected chi connectivity index (χ4v) is 2.24. The molecular formula is C11H6BrF2NO3. The molecule has 0 bridgehead atoms. The van der Waals surface area contributed by atoms with E-state index in [9.17, 15) is 18.5 Å². The molecule has 0 aliphatic carbocycles. The van der Waals surface area contributed by atoms with Crippen LogP contribution in [0.15, 0.2) is 33.7 Å². The lowest BCUT2D eigenvalue weighted by Gasteiger charge is -2.06. The molecule has 0 spiro atoms. The van der Waals surface area contributed by atoms with E-state index in [4.69, 9.17) is 0 Å². The number of rotatable bonds is 2. The van der Waals surface area contributed by atoms with Crippen LogP contribution in [0.3, 0.4) is 0 Å². The average molecular weight is 318 g/mol. The normalized spacial score (nSPS) is 10.6. The van der Waals surface area contributed by atoms with Crippen LogP contribution in [0.5, 0.6) is 0 Å². The van der Waals surface area contributed by atoms with Gasteiger partial charge < -0.3 is 4.57 Å². The highest BCUT2D eigenvalue weighted by atomic mass is 79.9. The number of hydrogen-bond acceptors (Lipinski definition) is 3. The first-order valence-corrected chi connectivity index (χ1v) is 5.62. The maximum atomic E-state index is 13.1. The molecule has 0 aliphatic rings. The van der Waals surface area contributed by atoms with Gasteiger partial charge in [0.05, 0.1) is 5.39 Å². The van der Waals surface area contributed by atoms with E-state index in [2.05, 4.69) is 20.9 Å². The van der Waals surface area contributed by atoms with E-state index in [-0.39, 0.29) is 9.86 Å². The Balaban J connectivity index is 2.64. The molecule has 0 saturated carbocycles. The van der Waals surface area contributed by atoms with Crippen LogP contribution in [0.2, 0.25) is 0 Å². The van der Waals surface area contributed by atoms with Crippen LogP contribution >= 0.6 is 15.9 Å². The topological polar surface area (TPSA) is 48.3 Å². The molecule has 1 aromatic heterocycles. The Labute approximate surface area is 108 Å². The van der Waals surface area contributed by atoms with E-state index in [1.54, 1.807) is 0 Å². The third kappa shape index (κ3) is 2.26. The Kier molecular flexibility index (Phi) is 3.42. The van der Waals surface area contributed by atoms with Gasteiger partial charge in [0, 0.05) is 15.2 Å². The number of benzene rings is 1. The van der Waals surface area contributed by atoms with Crippen molar-refractivity contribution in [3.8, 4) is 0 Å². The van der Waals surface area contributed by atoms with Crippen LogP contribution in [0, 0.1) is 5.82 Å². The second kappa shape index (κ2) is 4.85. The molecule has 0 unspecified atom stereocenters. The van der Waals surface area contributed by atoms with Gasteiger partial charge in [-0.15, -0.1) is 0 Å². The number of nitrogens with zero attached hydrogens (tertiary/aromatic N) is 1. The van der Waals surface area contributed by atoms with Crippen molar-refractivity contribution in [1.82, 2.24) is 4.57 Å². The Bertz CT molecular complexity index is 684. The van der Waals surface area contributed by atoms with Crippen molar-refractivity contribution in [1.29, 1.82) is 0 Å². The zero-order chi connectivity index (χ0) is 13.3. The third-order valence-electron chi connectivity index (χ3n) is 2.38. The SMILES string of the molecule is O=C(Cn1ccc2cc(F)cc(Br)c2c1=O)OF. The second-order valence-electron chi connectivity index (χ2n) is 3.55. The molecule has 0 amide bonds. The van der Waals surface area contributed by atoms with Crippen molar-refractivity contribution in [3.63, 3.8) is 0 Å². The molecule has 2 rings (SSSR count). The second-order valence-corrected chi connectivity index (χ2v) is 4.40. The molecule has 7 heteroatoms. The summed E-state index contributed by atoms with van der Waals surface area (Å²) >= 11 is 3.07. The number of carbonyl (C=O) groups is 1. The first-order valence-electron chi connectivity index (χ1n) is 4.82. The van der Waals surface area contributed by atoms with Gasteiger partial charge in [0.25, 0.3) is 5.56 Å². The number of pyridine rings is 1. The summed E-state index contributed by atoms with van der Waals surface area (Å²) in [4.78, 5) is 25.8. The van der Waals surface area contributed by atoms with Crippen molar-refractivity contribution >= 4 is 32.7 Å². The van der Waals surface area contributed by atoms with Crippen molar-refractivity contribution in [2.75, 3.05) is 0 Å². The van der Waals surface area contributed by atoms with E-state index < -0.39 is 23.9 Å². The Morgan fingerprint density at radius 2 is 2.17 bits per heavy atom. The number of fused-ring (bicyclic) bond motifs is 1. The summed E-state index contributed by atoms with van der Waals surface area (Å²) in [5.41, 5.74) is -0.537. The summed E-state index contributed by atoms with van der Waals surface area (Å²) < 4.78 is 26.0. The summed E-state index contributed by atoms with van der Waals surface area (Å²) in [6.07, 6.45) is 1.27. The molecule has 0 aliphatic heterocycles. The molecule has 0 saturated heterocycles. The standard InChI is InChI=1S/C11H6BrF2NO3/c12-8-4-7(13)3-6-1-2-15(5-9(16)18-14)11(17)10(6)8/h1-4H,5H2. The van der Waals surface area contributed by atoms with Crippen molar-refractivity contribution < 1.29 is 18.7 Å². The minimum Gasteiger partial charge on any atom is -0.304 e. The smallest absolute Gasteiger partial charge is 0.304 e. The summed E-state index contributed by atoms with van der Waals surface area (Å²) in [7, 11) is 0. The molecule has 0 atom stereocenters. The number of carbonyl (C=O) groups excluding carboxylic acids is 1. The fourth-order valence-electron chi connectivity index (χ4n) is 1.62. The first-order chi connectivity index (χ1) is 8.52. The predicted molar refractivity (Wildman–Crippen MR) is 63.1 cm³/mol. The molecule has 2 aromatic rings. The zero-order valence-electron chi connectivity index (χ0n) is 8.82. The minimum absolute atomic E-state index is 0.213. The minimum atomic E-state index is -1.19. The van der Waals surface area contributed by atoms with Gasteiger partial charge in [-0.25, -0.2) is 9.18 Å². The van der Waals surface area contributed by atoms with Gasteiger partial charge in [-0.1, -0.05) is 0 Å². The highest BCUT2D eigenvalue weighted by Crippen LogP contribution is 2.22. The predicted octanol–water partition coefficient (Wildman–Crippen LogP) is 2.33. The quantitative estimate of drug-likeness (QED) is 0.854. The van der Waals surface area contributed by atoms with Crippen LogP contribution in [-0.2, 0) is 16.3 Å². The lowest BCUT2D eigenvalue weighted by molar-refractivity contribution is -0.184. The van der Waals surface area contributed by atoms with E-state index >= 15 is 0 Å². The van der Waals surface area contributed by atoms with E-state index in [0.29, 0.717) is 5.39 Å². The summed E-state index contributed by atoms with van der Waals surface area (Å²) in [6.45, 7) is -0.547. The van der Waals surface area contributed by atoms with Crippen LogP contribution in [0.4, 0.5) is 8.92 Å². The maximum Gasteiger partial charge on any atom is 0.368 e. The number of hydrogen-bond donors (Lipinski definition) is 0. The average Bonchev–Trinajstić information content (AvgIpc) is 2.31. The van der Waals surface area contributed by atoms with Crippen LogP contribution < -0.4 is 5.56 Å². The maximum absolute atomic E-state index is 13.1. The van der Waals surface area contributed by atoms with Gasteiger partial charge in [-0.05, 0) is 39.5 Å². The third-order valence-corrected chi connectivity index (χ3v) is 3.01. The summed E-state index contributed by atoms with van der Waals surface area (Å²) in [5, 5.41) is 0.599. The Morgan fingerprint density at radius 3 is 2.83 bits per heavy atom. The molecule has 4 nitrogen and oxygen atoms in total. The van der Waals surface area contributed by atoms with E-state index in [1.165, 1.54) is 18.3 Å². The molecule has 0 radical (unpaired) electrons. The molecule has 1 heterocycles. The first kappa shape index (κ1) is 12.7. The van der Waals surface area contributed by atoms with Crippen LogP contribution in [0.1, 0.15) is 0 Å². The Morgan fingerprint density at radius 1 is 1.44 bits per heavy atom. The van der Waals surface area contributed by atoms with Crippen LogP contribution in [0.25, 0.3) is 10.8 Å². The number of aromatic nitrogens is 1. The lowest BCUT2D eigenvalue weighted by Crippen LogP contribution is -2.24. The van der Waals surface area contributed by atoms with Crippen molar-refractivity contribution in [3.05, 3.63) is 45.0 Å². The van der Waals surface area contributed by atoms with Crippen molar-refractivity contribution in [2.24, 2.45) is 0 Å². The highest BCUT2D eigenvalue weighted by molar-refractivity contribution is 9.10. The van der Waals surface area contributed by atoms with Gasteiger partial charge in [0.15, 0.2) is 0 Å². The largest absolute Gasteiger partial charge is 0.368 e. The van der Waals surface area contributed by atoms with Gasteiger partial charge in [-0.3, -0.25) is 9.74 Å². The molecule has 94 valence electrons. The lowest BCUT2D eigenvalue weighted by atomic mass is 10.1. The highest BCUT2D eigenvalue weighted by Gasteiger charge is 2.11. The molecule has 1 aromatic carbocycles. The van der Waals surface area contributed by atoms with Gasteiger partial charge in [0.1, 0.15) is 12.4 Å². The van der Waals surface area contributed by atoms with E-state index in [0.717, 1.165) is 10.6 Å². The van der Waals surface area contributed by atoms with Crippen LogP contribution in [-0.4, -0.2) is 10.5 Å². The van der Waals surface area contributed by atoms with Gasteiger partial charge in [-0.2, -0.15) is 0 Å². The van der Waals surface area contributed by atoms with Gasteiger partial charge in [0.2, 0.25) is 0 Å². The fraction of sp³-hybridized carbons (Fsp3) is 0.0909. The molecule has 18 heavy (non-hydrogen) atoms. The summed E-state index contributed by atoms with van der Waals surface area (Å²) in [5.74, 6) is -1.68. The number of halogens is 3. The van der Waals surface area contributed by atoms with Gasteiger partial charge >= 0.3 is 5.97 Å². The Hall–Kier alpha value is -1.76. The monoisotopic (exact) mass is 317 g/mol.